The van der Waals surface area contributed by atoms with E-state index in [1.54, 1.807) is 6.08 Å². The first-order chi connectivity index (χ1) is 15.8. The first kappa shape index (κ1) is 22.3. The summed E-state index contributed by atoms with van der Waals surface area (Å²) in [7, 11) is 0. The van der Waals surface area contributed by atoms with E-state index in [1.165, 1.54) is 24.6 Å². The molecular formula is C25H32N4O3S. The van der Waals surface area contributed by atoms with E-state index < -0.39 is 0 Å². The minimum absolute atomic E-state index is 0.0513. The Bertz CT molecular complexity index is 1070. The fourth-order valence-electron chi connectivity index (χ4n) is 5.88. The lowest BCUT2D eigenvalue weighted by Crippen LogP contribution is -2.47. The Morgan fingerprint density at radius 2 is 2.09 bits per heavy atom. The average Bonchev–Trinajstić information content (AvgIpc) is 3.36. The molecule has 0 unspecified atom stereocenters. The molecule has 1 aromatic carbocycles. The minimum atomic E-state index is -0.369. The second-order valence-corrected chi connectivity index (χ2v) is 11.1. The van der Waals surface area contributed by atoms with Crippen molar-refractivity contribution >= 4 is 17.7 Å². The van der Waals surface area contributed by atoms with Crippen molar-refractivity contribution in [2.75, 3.05) is 12.4 Å². The molecule has 2 heterocycles. The summed E-state index contributed by atoms with van der Waals surface area (Å²) in [5.41, 5.74) is 0.445. The average molecular weight is 469 g/mol. The highest BCUT2D eigenvalue weighted by Crippen LogP contribution is 2.65. The lowest BCUT2D eigenvalue weighted by Gasteiger charge is -2.39. The van der Waals surface area contributed by atoms with Crippen molar-refractivity contribution in [1.82, 2.24) is 20.1 Å². The molecule has 4 atom stereocenters. The van der Waals surface area contributed by atoms with Crippen LogP contribution in [0.5, 0.6) is 11.5 Å². The summed E-state index contributed by atoms with van der Waals surface area (Å²) in [4.78, 5) is 12.9. The van der Waals surface area contributed by atoms with E-state index in [4.69, 9.17) is 9.47 Å². The predicted molar refractivity (Wildman–Crippen MR) is 127 cm³/mol. The van der Waals surface area contributed by atoms with Gasteiger partial charge in [-0.1, -0.05) is 50.7 Å². The van der Waals surface area contributed by atoms with Crippen LogP contribution < -0.4 is 14.8 Å². The number of fused-ring (bicyclic) bond motifs is 3. The van der Waals surface area contributed by atoms with Gasteiger partial charge in [0.2, 0.25) is 5.91 Å². The van der Waals surface area contributed by atoms with Crippen molar-refractivity contribution in [3.63, 3.8) is 0 Å². The number of rotatable bonds is 7. The zero-order valence-corrected chi connectivity index (χ0v) is 20.4. The summed E-state index contributed by atoms with van der Waals surface area (Å²) < 4.78 is 13.9. The van der Waals surface area contributed by atoms with E-state index >= 15 is 0 Å². The summed E-state index contributed by atoms with van der Waals surface area (Å²) in [6.07, 6.45) is 4.97. The zero-order valence-electron chi connectivity index (χ0n) is 19.5. The molecule has 3 aliphatic rings. The van der Waals surface area contributed by atoms with E-state index in [2.05, 4.69) is 42.9 Å². The minimum Gasteiger partial charge on any atom is -0.485 e. The fourth-order valence-corrected chi connectivity index (χ4v) is 6.65. The number of ether oxygens (including phenoxy) is 2. The number of para-hydroxylation sites is 2. The van der Waals surface area contributed by atoms with Crippen molar-refractivity contribution in [2.45, 2.75) is 63.9 Å². The molecular weight excluding hydrogens is 436 g/mol. The van der Waals surface area contributed by atoms with Crippen LogP contribution in [-0.4, -0.2) is 39.1 Å². The highest BCUT2D eigenvalue weighted by Gasteiger charge is 2.61. The molecule has 2 aromatic rings. The number of benzene rings is 1. The molecule has 1 amide bonds. The fraction of sp³-hybridized carbons (Fsp3) is 0.560. The van der Waals surface area contributed by atoms with Crippen LogP contribution in [0.25, 0.3) is 0 Å². The van der Waals surface area contributed by atoms with Gasteiger partial charge in [0.25, 0.3) is 0 Å². The quantitative estimate of drug-likeness (QED) is 0.479. The van der Waals surface area contributed by atoms with Crippen molar-refractivity contribution in [3.8, 4) is 11.5 Å². The number of aromatic nitrogens is 3. The van der Waals surface area contributed by atoms with Gasteiger partial charge in [0.1, 0.15) is 6.61 Å². The molecule has 0 radical (unpaired) electrons. The molecule has 1 aliphatic heterocycles. The number of hydrogen-bond donors (Lipinski definition) is 1. The lowest BCUT2D eigenvalue weighted by atomic mass is 9.69. The summed E-state index contributed by atoms with van der Waals surface area (Å²) in [5.74, 6) is 3.15. The first-order valence-electron chi connectivity index (χ1n) is 11.7. The maximum atomic E-state index is 12.9. The van der Waals surface area contributed by atoms with Gasteiger partial charge < -0.3 is 14.8 Å². The van der Waals surface area contributed by atoms with E-state index in [9.17, 15) is 4.79 Å². The van der Waals surface area contributed by atoms with Crippen LogP contribution in [-0.2, 0) is 11.3 Å². The molecule has 0 saturated heterocycles. The van der Waals surface area contributed by atoms with Gasteiger partial charge in [-0.3, -0.25) is 9.36 Å². The maximum Gasteiger partial charge on any atom is 0.230 e. The molecule has 1 N–H and O–H groups in total. The number of carbonyl (C=O) groups excluding carboxylic acids is 1. The Kier molecular flexibility index (Phi) is 5.67. The van der Waals surface area contributed by atoms with Crippen LogP contribution in [0.3, 0.4) is 0 Å². The van der Waals surface area contributed by atoms with Crippen LogP contribution in [0.2, 0.25) is 0 Å². The zero-order chi connectivity index (χ0) is 23.2. The summed E-state index contributed by atoms with van der Waals surface area (Å²) in [6.45, 7) is 11.8. The van der Waals surface area contributed by atoms with Gasteiger partial charge in [-0.15, -0.1) is 16.8 Å². The topological polar surface area (TPSA) is 78.3 Å². The molecule has 0 spiro atoms. The second kappa shape index (κ2) is 8.38. The largest absolute Gasteiger partial charge is 0.485 e. The molecule has 2 aliphatic carbocycles. The highest BCUT2D eigenvalue weighted by atomic mass is 32.2. The Hall–Kier alpha value is -2.48. The summed E-state index contributed by atoms with van der Waals surface area (Å²) >= 11 is 1.40. The van der Waals surface area contributed by atoms with Gasteiger partial charge in [-0.05, 0) is 48.1 Å². The van der Waals surface area contributed by atoms with Crippen LogP contribution in [0.15, 0.2) is 42.1 Å². The number of nitrogens with zero attached hydrogens (tertiary/aromatic N) is 3. The number of carbonyl (C=O) groups is 1. The van der Waals surface area contributed by atoms with Gasteiger partial charge in [0.15, 0.2) is 28.6 Å². The van der Waals surface area contributed by atoms with Crippen molar-refractivity contribution in [3.05, 3.63) is 42.7 Å². The predicted octanol–water partition coefficient (Wildman–Crippen LogP) is 4.40. The monoisotopic (exact) mass is 468 g/mol. The standard InChI is InChI=1S/C25H32N4O3S/c1-5-12-29-22(19-14-31-17-8-6-7-9-18(17)32-19)27-28-23(29)33-15-21(30)26-20-13-16-10-11-25(20,4)24(16,2)3/h5-9,16,19-20H,1,10-15H2,2-4H3,(H,26,30)/t16-,19+,20+,25-/m1/s1. The van der Waals surface area contributed by atoms with E-state index in [-0.39, 0.29) is 28.9 Å². The van der Waals surface area contributed by atoms with Crippen molar-refractivity contribution < 1.29 is 14.3 Å². The Balaban J connectivity index is 1.25. The third-order valence-corrected chi connectivity index (χ3v) is 9.28. The number of nitrogens with one attached hydrogen (secondary N) is 1. The van der Waals surface area contributed by atoms with Gasteiger partial charge in [0, 0.05) is 12.6 Å². The lowest BCUT2D eigenvalue weighted by molar-refractivity contribution is -0.120. The van der Waals surface area contributed by atoms with Gasteiger partial charge in [-0.2, -0.15) is 0 Å². The molecule has 1 aromatic heterocycles. The number of hydrogen-bond acceptors (Lipinski definition) is 6. The Labute approximate surface area is 199 Å². The molecule has 176 valence electrons. The van der Waals surface area contributed by atoms with E-state index in [0.717, 1.165) is 12.2 Å². The molecule has 2 saturated carbocycles. The molecule has 8 heteroatoms. The van der Waals surface area contributed by atoms with E-state index in [0.29, 0.717) is 41.6 Å². The summed E-state index contributed by atoms with van der Waals surface area (Å²) in [6, 6.07) is 7.84. The third-order valence-electron chi connectivity index (χ3n) is 8.32. The van der Waals surface area contributed by atoms with Crippen LogP contribution in [0, 0.1) is 16.7 Å². The number of thioether (sulfide) groups is 1. The second-order valence-electron chi connectivity index (χ2n) is 10.1. The van der Waals surface area contributed by atoms with Gasteiger partial charge >= 0.3 is 0 Å². The van der Waals surface area contributed by atoms with Crippen LogP contribution in [0.1, 0.15) is 52.0 Å². The van der Waals surface area contributed by atoms with E-state index in [1.807, 2.05) is 28.8 Å². The van der Waals surface area contributed by atoms with Crippen LogP contribution >= 0.6 is 11.8 Å². The van der Waals surface area contributed by atoms with Crippen molar-refractivity contribution in [1.29, 1.82) is 0 Å². The Morgan fingerprint density at radius 3 is 2.79 bits per heavy atom. The first-order valence-corrected chi connectivity index (χ1v) is 12.7. The number of allylic oxidation sites excluding steroid dienone is 1. The van der Waals surface area contributed by atoms with Crippen LogP contribution in [0.4, 0.5) is 0 Å². The normalized spacial score (nSPS) is 29.1. The summed E-state index contributed by atoms with van der Waals surface area (Å²) in [5, 5.41) is 12.7. The highest BCUT2D eigenvalue weighted by molar-refractivity contribution is 7.99. The van der Waals surface area contributed by atoms with Crippen molar-refractivity contribution in [2.24, 2.45) is 16.7 Å². The molecule has 33 heavy (non-hydrogen) atoms. The molecule has 5 rings (SSSR count). The van der Waals surface area contributed by atoms with Gasteiger partial charge in [-0.25, -0.2) is 0 Å². The SMILES string of the molecule is C=CCn1c(SCC(=O)N[C@H]2C[C@H]3CC[C@@]2(C)C3(C)C)nnc1[C@@H]1COc2ccccc2O1. The maximum absolute atomic E-state index is 12.9. The molecule has 2 bridgehead atoms. The molecule has 2 fully saturated rings. The Morgan fingerprint density at radius 1 is 1.30 bits per heavy atom. The number of amides is 1. The smallest absolute Gasteiger partial charge is 0.230 e. The van der Waals surface area contributed by atoms with Gasteiger partial charge in [0.05, 0.1) is 5.75 Å². The third kappa shape index (κ3) is 3.72. The molecule has 7 nitrogen and oxygen atoms in total.